The number of nitrogens with zero attached hydrogens (tertiary/aromatic N) is 1. The second-order valence-corrected chi connectivity index (χ2v) is 5.72. The summed E-state index contributed by atoms with van der Waals surface area (Å²) < 4.78 is 5.65. The van der Waals surface area contributed by atoms with Gasteiger partial charge < -0.3 is 15.4 Å². The lowest BCUT2D eigenvalue weighted by molar-refractivity contribution is -0.128. The van der Waals surface area contributed by atoms with E-state index in [1.165, 1.54) is 0 Å². The highest BCUT2D eigenvalue weighted by atomic mass is 16.5. The number of benzene rings is 2. The highest BCUT2D eigenvalue weighted by molar-refractivity contribution is 6.04. The summed E-state index contributed by atoms with van der Waals surface area (Å²) in [5.74, 6) is -0.0747. The van der Waals surface area contributed by atoms with Crippen LogP contribution in [0.4, 0.5) is 11.4 Å². The zero-order valence-electron chi connectivity index (χ0n) is 13.2. The number of aromatic nitrogens is 1. The molecule has 0 fully saturated rings. The van der Waals surface area contributed by atoms with Crippen LogP contribution in [-0.4, -0.2) is 22.9 Å². The Labute approximate surface area is 143 Å². The van der Waals surface area contributed by atoms with E-state index in [0.29, 0.717) is 22.6 Å². The Morgan fingerprint density at radius 2 is 1.96 bits per heavy atom. The van der Waals surface area contributed by atoms with Crippen LogP contribution < -0.4 is 15.4 Å². The predicted octanol–water partition coefficient (Wildman–Crippen LogP) is 2.96. The van der Waals surface area contributed by atoms with E-state index >= 15 is 0 Å². The normalized spacial score (nSPS) is 15.8. The van der Waals surface area contributed by atoms with E-state index in [9.17, 15) is 9.59 Å². The summed E-state index contributed by atoms with van der Waals surface area (Å²) in [5, 5.41) is 6.50. The van der Waals surface area contributed by atoms with Crippen LogP contribution in [0.3, 0.4) is 0 Å². The van der Waals surface area contributed by atoms with Crippen LogP contribution in [0.5, 0.6) is 5.75 Å². The number of ether oxygens (including phenoxy) is 1. The maximum absolute atomic E-state index is 12.4. The molecule has 2 amide bonds. The minimum Gasteiger partial charge on any atom is -0.478 e. The van der Waals surface area contributed by atoms with Crippen molar-refractivity contribution in [2.75, 3.05) is 10.6 Å². The van der Waals surface area contributed by atoms with Gasteiger partial charge in [-0.15, -0.1) is 0 Å². The zero-order valence-corrected chi connectivity index (χ0v) is 13.2. The van der Waals surface area contributed by atoms with Gasteiger partial charge in [0.2, 0.25) is 5.91 Å². The molecule has 2 heterocycles. The molecule has 124 valence electrons. The summed E-state index contributed by atoms with van der Waals surface area (Å²) in [4.78, 5) is 28.8. The monoisotopic (exact) mass is 333 g/mol. The Balaban J connectivity index is 1.50. The Morgan fingerprint density at radius 3 is 2.88 bits per heavy atom. The van der Waals surface area contributed by atoms with Gasteiger partial charge in [0.1, 0.15) is 5.75 Å². The fourth-order valence-electron chi connectivity index (χ4n) is 2.80. The molecule has 0 radical (unpaired) electrons. The van der Waals surface area contributed by atoms with E-state index in [-0.39, 0.29) is 18.2 Å². The molecule has 0 saturated carbocycles. The molecule has 1 aromatic heterocycles. The van der Waals surface area contributed by atoms with Crippen LogP contribution in [0, 0.1) is 0 Å². The third-order valence-electron chi connectivity index (χ3n) is 3.98. The van der Waals surface area contributed by atoms with Crippen molar-refractivity contribution in [3.63, 3.8) is 0 Å². The predicted molar refractivity (Wildman–Crippen MR) is 94.5 cm³/mol. The number of fused-ring (bicyclic) bond motifs is 2. The van der Waals surface area contributed by atoms with Crippen molar-refractivity contribution in [2.24, 2.45) is 0 Å². The standard InChI is InChI=1S/C19H15N3O3/c23-17(21-14-8-3-5-12-6-4-10-20-18(12)14)11-16-19(24)22-13-7-1-2-9-15(13)25-16/h1-10,16H,11H2,(H,21,23)(H,22,24)/t16-/m1/s1. The lowest BCUT2D eigenvalue weighted by atomic mass is 10.1. The molecular formula is C19H15N3O3. The molecule has 1 aliphatic rings. The molecular weight excluding hydrogens is 318 g/mol. The van der Waals surface area contributed by atoms with E-state index in [0.717, 1.165) is 5.39 Å². The van der Waals surface area contributed by atoms with Crippen molar-refractivity contribution in [3.05, 3.63) is 60.8 Å². The summed E-state index contributed by atoms with van der Waals surface area (Å²) in [6, 6.07) is 16.5. The van der Waals surface area contributed by atoms with E-state index in [1.807, 2.05) is 36.4 Å². The maximum Gasteiger partial charge on any atom is 0.266 e. The highest BCUT2D eigenvalue weighted by Gasteiger charge is 2.29. The van der Waals surface area contributed by atoms with Crippen molar-refractivity contribution in [1.82, 2.24) is 4.98 Å². The molecule has 0 spiro atoms. The molecule has 2 N–H and O–H groups in total. The van der Waals surface area contributed by atoms with Crippen molar-refractivity contribution < 1.29 is 14.3 Å². The van der Waals surface area contributed by atoms with E-state index < -0.39 is 6.10 Å². The van der Waals surface area contributed by atoms with Crippen LogP contribution in [0.2, 0.25) is 0 Å². The van der Waals surface area contributed by atoms with Gasteiger partial charge in [-0.3, -0.25) is 14.6 Å². The first-order valence-electron chi connectivity index (χ1n) is 7.91. The SMILES string of the molecule is O=C(C[C@H]1Oc2ccccc2NC1=O)Nc1cccc2cccnc12. The molecule has 0 aliphatic carbocycles. The van der Waals surface area contributed by atoms with Gasteiger partial charge >= 0.3 is 0 Å². The van der Waals surface area contributed by atoms with Gasteiger partial charge in [-0.25, -0.2) is 0 Å². The number of rotatable bonds is 3. The van der Waals surface area contributed by atoms with Crippen molar-refractivity contribution >= 4 is 34.1 Å². The van der Waals surface area contributed by atoms with Gasteiger partial charge in [-0.05, 0) is 24.3 Å². The molecule has 0 bridgehead atoms. The van der Waals surface area contributed by atoms with Crippen LogP contribution in [-0.2, 0) is 9.59 Å². The van der Waals surface area contributed by atoms with Gasteiger partial charge in [0.15, 0.2) is 6.10 Å². The average molecular weight is 333 g/mol. The molecule has 6 heteroatoms. The van der Waals surface area contributed by atoms with Crippen LogP contribution in [0.1, 0.15) is 6.42 Å². The second-order valence-electron chi connectivity index (χ2n) is 5.72. The maximum atomic E-state index is 12.4. The first kappa shape index (κ1) is 15.1. The first-order valence-corrected chi connectivity index (χ1v) is 7.91. The van der Waals surface area contributed by atoms with E-state index in [1.54, 1.807) is 24.4 Å². The minimum atomic E-state index is -0.863. The van der Waals surface area contributed by atoms with Gasteiger partial charge in [0, 0.05) is 11.6 Å². The fourth-order valence-corrected chi connectivity index (χ4v) is 2.80. The van der Waals surface area contributed by atoms with E-state index in [4.69, 9.17) is 4.74 Å². The van der Waals surface area contributed by atoms with Crippen LogP contribution in [0.15, 0.2) is 60.8 Å². The Hall–Kier alpha value is -3.41. The number of amides is 2. The largest absolute Gasteiger partial charge is 0.478 e. The number of pyridine rings is 1. The molecule has 0 saturated heterocycles. The van der Waals surface area contributed by atoms with Crippen molar-refractivity contribution in [3.8, 4) is 5.75 Å². The number of carbonyl (C=O) groups excluding carboxylic acids is 2. The number of carbonyl (C=O) groups is 2. The van der Waals surface area contributed by atoms with Gasteiger partial charge in [0.25, 0.3) is 5.91 Å². The van der Waals surface area contributed by atoms with Crippen molar-refractivity contribution in [1.29, 1.82) is 0 Å². The van der Waals surface area contributed by atoms with Crippen LogP contribution >= 0.6 is 0 Å². The number of para-hydroxylation sites is 3. The summed E-state index contributed by atoms with van der Waals surface area (Å²) >= 11 is 0. The quantitative estimate of drug-likeness (QED) is 0.772. The first-order chi connectivity index (χ1) is 12.2. The molecule has 6 nitrogen and oxygen atoms in total. The lowest BCUT2D eigenvalue weighted by Gasteiger charge is -2.25. The average Bonchev–Trinajstić information content (AvgIpc) is 2.63. The molecule has 3 aromatic rings. The van der Waals surface area contributed by atoms with Crippen molar-refractivity contribution in [2.45, 2.75) is 12.5 Å². The van der Waals surface area contributed by atoms with Gasteiger partial charge in [-0.2, -0.15) is 0 Å². The fraction of sp³-hybridized carbons (Fsp3) is 0.105. The smallest absolute Gasteiger partial charge is 0.266 e. The minimum absolute atomic E-state index is 0.0800. The molecule has 4 rings (SSSR count). The third-order valence-corrected chi connectivity index (χ3v) is 3.98. The van der Waals surface area contributed by atoms with E-state index in [2.05, 4.69) is 15.6 Å². The number of hydrogen-bond acceptors (Lipinski definition) is 4. The summed E-state index contributed by atoms with van der Waals surface area (Å²) in [6.07, 6.45) is 0.730. The summed E-state index contributed by atoms with van der Waals surface area (Å²) in [5.41, 5.74) is 1.93. The second kappa shape index (κ2) is 6.24. The third kappa shape index (κ3) is 3.01. The summed E-state index contributed by atoms with van der Waals surface area (Å²) in [6.45, 7) is 0. The van der Waals surface area contributed by atoms with Gasteiger partial charge in [0.05, 0.1) is 23.3 Å². The molecule has 25 heavy (non-hydrogen) atoms. The van der Waals surface area contributed by atoms with Crippen LogP contribution in [0.25, 0.3) is 10.9 Å². The number of hydrogen-bond donors (Lipinski definition) is 2. The Morgan fingerprint density at radius 1 is 1.12 bits per heavy atom. The lowest BCUT2D eigenvalue weighted by Crippen LogP contribution is -2.39. The molecule has 1 aliphatic heterocycles. The molecule has 2 aromatic carbocycles. The Bertz CT molecular complexity index is 966. The zero-order chi connectivity index (χ0) is 17.2. The van der Waals surface area contributed by atoms with Gasteiger partial charge in [-0.1, -0.05) is 30.3 Å². The molecule has 0 unspecified atom stereocenters. The topological polar surface area (TPSA) is 80.3 Å². The summed E-state index contributed by atoms with van der Waals surface area (Å²) in [7, 11) is 0. The molecule has 1 atom stereocenters. The number of nitrogens with one attached hydrogen (secondary N) is 2. The number of anilines is 2. The highest BCUT2D eigenvalue weighted by Crippen LogP contribution is 2.30. The Kier molecular flexibility index (Phi) is 3.78.